The highest BCUT2D eigenvalue weighted by atomic mass is 79.9. The van der Waals surface area contributed by atoms with Crippen molar-refractivity contribution in [3.05, 3.63) is 44.8 Å². The van der Waals surface area contributed by atoms with E-state index < -0.39 is 10.0 Å². The van der Waals surface area contributed by atoms with Gasteiger partial charge in [0.05, 0.1) is 16.0 Å². The lowest BCUT2D eigenvalue weighted by atomic mass is 10.4. The lowest BCUT2D eigenvalue weighted by molar-refractivity contribution is 0.580. The molecule has 0 aliphatic rings. The first kappa shape index (κ1) is 16.6. The van der Waals surface area contributed by atoms with Gasteiger partial charge < -0.3 is 5.32 Å². The van der Waals surface area contributed by atoms with Crippen LogP contribution in [0.4, 0.5) is 0 Å². The Morgan fingerprint density at radius 1 is 1.33 bits per heavy atom. The van der Waals surface area contributed by atoms with E-state index in [0.717, 1.165) is 11.4 Å². The Morgan fingerprint density at radius 3 is 2.81 bits per heavy atom. The van der Waals surface area contributed by atoms with Gasteiger partial charge in [-0.3, -0.25) is 4.98 Å². The van der Waals surface area contributed by atoms with Crippen LogP contribution < -0.4 is 10.0 Å². The van der Waals surface area contributed by atoms with Crippen molar-refractivity contribution in [2.24, 2.45) is 0 Å². The van der Waals surface area contributed by atoms with Gasteiger partial charge in [-0.05, 0) is 40.7 Å². The van der Waals surface area contributed by atoms with E-state index in [2.05, 4.69) is 31.0 Å². The highest BCUT2D eigenvalue weighted by Gasteiger charge is 2.20. The van der Waals surface area contributed by atoms with Crippen LogP contribution >= 0.6 is 27.3 Å². The molecule has 0 atom stereocenters. The minimum Gasteiger partial charge on any atom is -0.312 e. The molecule has 0 aromatic carbocycles. The standard InChI is InChI=1S/C13H16BrN3O2S2/c1-2-15-9-11-7-12(13(14)20-11)21(18,19)17-8-10-5-3-4-6-16-10/h3-7,15,17H,2,8-9H2,1H3. The summed E-state index contributed by atoms with van der Waals surface area (Å²) in [6.07, 6.45) is 1.64. The largest absolute Gasteiger partial charge is 0.312 e. The van der Waals surface area contributed by atoms with Gasteiger partial charge >= 0.3 is 0 Å². The number of nitrogens with one attached hydrogen (secondary N) is 2. The molecule has 5 nitrogen and oxygen atoms in total. The van der Waals surface area contributed by atoms with Gasteiger partial charge in [-0.15, -0.1) is 11.3 Å². The predicted octanol–water partition coefficient (Wildman–Crippen LogP) is 2.49. The molecule has 0 fully saturated rings. The molecule has 0 spiro atoms. The van der Waals surface area contributed by atoms with Crippen LogP contribution in [0.2, 0.25) is 0 Å². The molecule has 0 aliphatic carbocycles. The summed E-state index contributed by atoms with van der Waals surface area (Å²) in [4.78, 5) is 5.35. The van der Waals surface area contributed by atoms with Crippen molar-refractivity contribution < 1.29 is 8.42 Å². The molecule has 0 amide bonds. The number of sulfonamides is 1. The monoisotopic (exact) mass is 389 g/mol. The Labute approximate surface area is 137 Å². The number of pyridine rings is 1. The van der Waals surface area contributed by atoms with Gasteiger partial charge in [0.1, 0.15) is 4.90 Å². The minimum atomic E-state index is -3.55. The molecule has 8 heteroatoms. The number of hydrogen-bond donors (Lipinski definition) is 2. The average molecular weight is 390 g/mol. The fourth-order valence-corrected chi connectivity index (χ4v) is 5.31. The van der Waals surface area contributed by atoms with Crippen molar-refractivity contribution in [3.63, 3.8) is 0 Å². The van der Waals surface area contributed by atoms with Crippen molar-refractivity contribution in [2.45, 2.75) is 24.9 Å². The van der Waals surface area contributed by atoms with Gasteiger partial charge in [-0.25, -0.2) is 13.1 Å². The first-order valence-corrected chi connectivity index (χ1v) is 9.50. The quantitative estimate of drug-likeness (QED) is 0.762. The number of aromatic nitrogens is 1. The third-order valence-corrected chi connectivity index (χ3v) is 6.37. The summed E-state index contributed by atoms with van der Waals surface area (Å²) in [5.41, 5.74) is 0.681. The summed E-state index contributed by atoms with van der Waals surface area (Å²) in [6.45, 7) is 3.69. The zero-order chi connectivity index (χ0) is 15.3. The van der Waals surface area contributed by atoms with E-state index in [1.54, 1.807) is 24.4 Å². The fraction of sp³-hybridized carbons (Fsp3) is 0.308. The van der Waals surface area contributed by atoms with Crippen LogP contribution in [-0.2, 0) is 23.1 Å². The summed E-state index contributed by atoms with van der Waals surface area (Å²) in [5.74, 6) is 0. The van der Waals surface area contributed by atoms with Crippen LogP contribution in [-0.4, -0.2) is 19.9 Å². The zero-order valence-corrected chi connectivity index (χ0v) is 14.7. The lowest BCUT2D eigenvalue weighted by Gasteiger charge is -2.05. The van der Waals surface area contributed by atoms with Crippen LogP contribution in [0.1, 0.15) is 17.5 Å². The molecule has 0 unspecified atom stereocenters. The van der Waals surface area contributed by atoms with E-state index in [0.29, 0.717) is 16.0 Å². The maximum absolute atomic E-state index is 12.3. The minimum absolute atomic E-state index is 0.175. The second-order valence-corrected chi connectivity index (χ2v) is 8.47. The van der Waals surface area contributed by atoms with E-state index in [-0.39, 0.29) is 11.4 Å². The second kappa shape index (κ2) is 7.46. The smallest absolute Gasteiger partial charge is 0.242 e. The third kappa shape index (κ3) is 4.58. The molecule has 0 bridgehead atoms. The number of rotatable bonds is 7. The van der Waals surface area contributed by atoms with Crippen LogP contribution in [0.25, 0.3) is 0 Å². The van der Waals surface area contributed by atoms with Crippen molar-refractivity contribution in [1.82, 2.24) is 15.0 Å². The second-order valence-electron chi connectivity index (χ2n) is 4.28. The van der Waals surface area contributed by atoms with Gasteiger partial charge in [-0.2, -0.15) is 0 Å². The van der Waals surface area contributed by atoms with Crippen LogP contribution in [0.3, 0.4) is 0 Å². The van der Waals surface area contributed by atoms with Crippen LogP contribution in [0.5, 0.6) is 0 Å². The predicted molar refractivity (Wildman–Crippen MR) is 87.7 cm³/mol. The molecule has 2 aromatic heterocycles. The van der Waals surface area contributed by atoms with Crippen molar-refractivity contribution in [3.8, 4) is 0 Å². The fourth-order valence-electron chi connectivity index (χ4n) is 1.67. The summed E-state index contributed by atoms with van der Waals surface area (Å²) in [6, 6.07) is 7.09. The highest BCUT2D eigenvalue weighted by molar-refractivity contribution is 9.11. The van der Waals surface area contributed by atoms with Gasteiger partial charge in [0, 0.05) is 17.6 Å². The molecule has 0 aliphatic heterocycles. The SMILES string of the molecule is CCNCc1cc(S(=O)(=O)NCc2ccccn2)c(Br)s1. The molecule has 2 heterocycles. The van der Waals surface area contributed by atoms with Gasteiger partial charge in [0.25, 0.3) is 0 Å². The Morgan fingerprint density at radius 2 is 2.14 bits per heavy atom. The maximum Gasteiger partial charge on any atom is 0.242 e. The summed E-state index contributed by atoms with van der Waals surface area (Å²) >= 11 is 4.75. The first-order valence-electron chi connectivity index (χ1n) is 6.41. The van der Waals surface area contributed by atoms with Gasteiger partial charge in [0.2, 0.25) is 10.0 Å². The zero-order valence-electron chi connectivity index (χ0n) is 11.5. The van der Waals surface area contributed by atoms with Crippen LogP contribution in [0.15, 0.2) is 39.1 Å². The summed E-state index contributed by atoms with van der Waals surface area (Å²) in [5, 5.41) is 3.18. The van der Waals surface area contributed by atoms with Gasteiger partial charge in [-0.1, -0.05) is 13.0 Å². The van der Waals surface area contributed by atoms with Gasteiger partial charge in [0.15, 0.2) is 0 Å². The first-order chi connectivity index (χ1) is 10.0. The number of halogens is 1. The molecular formula is C13H16BrN3O2S2. The normalized spacial score (nSPS) is 11.7. The van der Waals surface area contributed by atoms with Crippen molar-refractivity contribution >= 4 is 37.3 Å². The molecule has 2 aromatic rings. The van der Waals surface area contributed by atoms with E-state index in [9.17, 15) is 8.42 Å². The number of nitrogens with zero attached hydrogens (tertiary/aromatic N) is 1. The number of hydrogen-bond acceptors (Lipinski definition) is 5. The lowest BCUT2D eigenvalue weighted by Crippen LogP contribution is -2.23. The van der Waals surface area contributed by atoms with Crippen molar-refractivity contribution in [1.29, 1.82) is 0 Å². The molecule has 0 saturated heterocycles. The molecule has 114 valence electrons. The Hall–Kier alpha value is -0.800. The van der Waals surface area contributed by atoms with Crippen LogP contribution in [0, 0.1) is 0 Å². The molecule has 2 rings (SSSR count). The summed E-state index contributed by atoms with van der Waals surface area (Å²) in [7, 11) is -3.55. The van der Waals surface area contributed by atoms with E-state index in [4.69, 9.17) is 0 Å². The Bertz CT molecular complexity index is 687. The molecular weight excluding hydrogens is 374 g/mol. The topological polar surface area (TPSA) is 71.1 Å². The Kier molecular flexibility index (Phi) is 5.88. The maximum atomic E-state index is 12.3. The van der Waals surface area contributed by atoms with E-state index in [1.165, 1.54) is 11.3 Å². The Balaban J connectivity index is 2.10. The van der Waals surface area contributed by atoms with E-state index >= 15 is 0 Å². The molecule has 2 N–H and O–H groups in total. The van der Waals surface area contributed by atoms with Crippen molar-refractivity contribution in [2.75, 3.05) is 6.54 Å². The molecule has 21 heavy (non-hydrogen) atoms. The average Bonchev–Trinajstić information content (AvgIpc) is 2.86. The highest BCUT2D eigenvalue weighted by Crippen LogP contribution is 2.31. The number of thiophene rings is 1. The van der Waals surface area contributed by atoms with E-state index in [1.807, 2.05) is 13.0 Å². The summed E-state index contributed by atoms with van der Waals surface area (Å²) < 4.78 is 27.8. The molecule has 0 saturated carbocycles. The third-order valence-electron chi connectivity index (χ3n) is 2.71. The molecule has 0 radical (unpaired) electrons.